The molecule has 0 saturated carbocycles. The summed E-state index contributed by atoms with van der Waals surface area (Å²) in [4.78, 5) is 14.5. The van der Waals surface area contributed by atoms with E-state index in [1.54, 1.807) is 11.8 Å². The Morgan fingerprint density at radius 1 is 1.18 bits per heavy atom. The number of hydrogen-bond donors (Lipinski definition) is 1. The molecule has 0 spiro atoms. The Hall–Kier alpha value is -2.00. The number of carbonyl (C=O) groups excluding carboxylic acids is 1. The maximum atomic E-state index is 12.3. The number of nitrogens with one attached hydrogen (secondary N) is 1. The lowest BCUT2D eigenvalue weighted by molar-refractivity contribution is -0.116. The highest BCUT2D eigenvalue weighted by atomic mass is 32.2. The number of amides is 1. The third-order valence-corrected chi connectivity index (χ3v) is 5.87. The Morgan fingerprint density at radius 3 is 2.64 bits per heavy atom. The average Bonchev–Trinajstić information content (AvgIpc) is 3.14. The molecule has 1 aromatic heterocycles. The van der Waals surface area contributed by atoms with Gasteiger partial charge in [0.2, 0.25) is 5.91 Å². The Labute approximate surface area is 175 Å². The lowest BCUT2D eigenvalue weighted by Gasteiger charge is -2.22. The summed E-state index contributed by atoms with van der Waals surface area (Å²) in [6.45, 7) is 10.1. The van der Waals surface area contributed by atoms with Crippen LogP contribution in [0.15, 0.2) is 32.8 Å². The smallest absolute Gasteiger partial charge is 0.252 e. The lowest BCUT2D eigenvalue weighted by atomic mass is 10.2. The summed E-state index contributed by atoms with van der Waals surface area (Å²) in [5.41, 5.74) is 2.33. The van der Waals surface area contributed by atoms with E-state index in [-0.39, 0.29) is 5.91 Å². The summed E-state index contributed by atoms with van der Waals surface area (Å²) in [5, 5.41) is 20.2. The van der Waals surface area contributed by atoms with Gasteiger partial charge in [-0.15, -0.1) is 20.4 Å². The molecule has 0 saturated heterocycles. The monoisotopic (exact) mass is 420 g/mol. The third-order valence-electron chi connectivity index (χ3n) is 4.05. The molecule has 2 aromatic rings. The highest BCUT2D eigenvalue weighted by Crippen LogP contribution is 2.33. The van der Waals surface area contributed by atoms with Crippen molar-refractivity contribution in [3.63, 3.8) is 0 Å². The summed E-state index contributed by atoms with van der Waals surface area (Å²) in [6.07, 6.45) is 2.34. The molecule has 0 radical (unpaired) electrons. The molecular weight excluding hydrogens is 392 g/mol. The molecule has 0 bridgehead atoms. The molecule has 0 aliphatic rings. The molecule has 0 aliphatic carbocycles. The van der Waals surface area contributed by atoms with Gasteiger partial charge in [-0.3, -0.25) is 4.79 Å². The van der Waals surface area contributed by atoms with Gasteiger partial charge in [0.25, 0.3) is 5.13 Å². The van der Waals surface area contributed by atoms with Crippen LogP contribution in [-0.2, 0) is 4.79 Å². The summed E-state index contributed by atoms with van der Waals surface area (Å²) in [5.74, 6) is 0.930. The van der Waals surface area contributed by atoms with E-state index in [1.807, 2.05) is 18.2 Å². The molecular formula is C19H28N6OS2. The van der Waals surface area contributed by atoms with Crippen LogP contribution in [0.2, 0.25) is 0 Å². The van der Waals surface area contributed by atoms with Crippen molar-refractivity contribution in [2.45, 2.75) is 51.3 Å². The quantitative estimate of drug-likeness (QED) is 0.354. The van der Waals surface area contributed by atoms with E-state index < -0.39 is 0 Å². The Balaban J connectivity index is 2.26. The van der Waals surface area contributed by atoms with Gasteiger partial charge in [-0.25, -0.2) is 0 Å². The van der Waals surface area contributed by atoms with Crippen molar-refractivity contribution in [1.82, 2.24) is 10.2 Å². The van der Waals surface area contributed by atoms with Crippen LogP contribution in [0.3, 0.4) is 0 Å². The van der Waals surface area contributed by atoms with Crippen molar-refractivity contribution >= 4 is 51.2 Å². The van der Waals surface area contributed by atoms with Gasteiger partial charge in [-0.05, 0) is 44.2 Å². The number of aromatic nitrogens is 2. The maximum absolute atomic E-state index is 12.3. The molecule has 1 aromatic carbocycles. The van der Waals surface area contributed by atoms with E-state index in [9.17, 15) is 4.79 Å². The zero-order chi connectivity index (χ0) is 20.4. The SMILES string of the molecule is CCCCC(=O)Nc1cc(N(CC)CC)ccc1/N=N/c1nnc(SCC)s1. The van der Waals surface area contributed by atoms with E-state index in [1.165, 1.54) is 11.3 Å². The number of carbonyl (C=O) groups is 1. The molecule has 1 amide bonds. The number of azo groups is 1. The van der Waals surface area contributed by atoms with Gasteiger partial charge in [0.1, 0.15) is 5.69 Å². The molecule has 0 fully saturated rings. The van der Waals surface area contributed by atoms with Gasteiger partial charge < -0.3 is 10.2 Å². The van der Waals surface area contributed by atoms with Crippen LogP contribution in [-0.4, -0.2) is 34.9 Å². The number of unbranched alkanes of at least 4 members (excludes halogenated alkanes) is 1. The second-order valence-electron chi connectivity index (χ2n) is 6.01. The predicted molar refractivity (Wildman–Crippen MR) is 119 cm³/mol. The first-order valence-electron chi connectivity index (χ1n) is 9.68. The molecule has 28 heavy (non-hydrogen) atoms. The fourth-order valence-corrected chi connectivity index (χ4v) is 4.13. The van der Waals surface area contributed by atoms with Crippen LogP contribution in [0.5, 0.6) is 0 Å². The molecule has 2 rings (SSSR count). The van der Waals surface area contributed by atoms with Crippen molar-refractivity contribution in [3.05, 3.63) is 18.2 Å². The van der Waals surface area contributed by atoms with Crippen LogP contribution in [0.25, 0.3) is 0 Å². The molecule has 0 aliphatic heterocycles. The van der Waals surface area contributed by atoms with Crippen molar-refractivity contribution in [1.29, 1.82) is 0 Å². The van der Waals surface area contributed by atoms with Crippen LogP contribution >= 0.6 is 23.1 Å². The maximum Gasteiger partial charge on any atom is 0.252 e. The molecule has 1 N–H and O–H groups in total. The minimum atomic E-state index is -0.00690. The van der Waals surface area contributed by atoms with Crippen LogP contribution in [0.4, 0.5) is 22.2 Å². The zero-order valence-electron chi connectivity index (χ0n) is 16.9. The number of benzene rings is 1. The van der Waals surface area contributed by atoms with Crippen molar-refractivity contribution in [2.75, 3.05) is 29.1 Å². The molecule has 0 atom stereocenters. The summed E-state index contributed by atoms with van der Waals surface area (Å²) >= 11 is 3.04. The molecule has 9 heteroatoms. The fourth-order valence-electron chi connectivity index (χ4n) is 2.57. The summed E-state index contributed by atoms with van der Waals surface area (Å²) < 4.78 is 0.876. The largest absolute Gasteiger partial charge is 0.372 e. The van der Waals surface area contributed by atoms with E-state index in [0.29, 0.717) is 22.9 Å². The van der Waals surface area contributed by atoms with Crippen LogP contribution in [0.1, 0.15) is 47.0 Å². The summed E-state index contributed by atoms with van der Waals surface area (Å²) in [7, 11) is 0. The first-order valence-corrected chi connectivity index (χ1v) is 11.5. The zero-order valence-corrected chi connectivity index (χ0v) is 18.6. The fraction of sp³-hybridized carbons (Fsp3) is 0.526. The minimum absolute atomic E-state index is 0.00690. The lowest BCUT2D eigenvalue weighted by Crippen LogP contribution is -2.22. The van der Waals surface area contributed by atoms with Gasteiger partial charge >= 0.3 is 0 Å². The average molecular weight is 421 g/mol. The molecule has 152 valence electrons. The van der Waals surface area contributed by atoms with E-state index in [0.717, 1.165) is 41.7 Å². The second kappa shape index (κ2) is 11.8. The first kappa shape index (κ1) is 22.3. The van der Waals surface area contributed by atoms with E-state index in [4.69, 9.17) is 0 Å². The predicted octanol–water partition coefficient (Wildman–Crippen LogP) is 6.04. The summed E-state index contributed by atoms with van der Waals surface area (Å²) in [6, 6.07) is 5.85. The third kappa shape index (κ3) is 6.56. The number of anilines is 2. The Morgan fingerprint density at radius 2 is 1.96 bits per heavy atom. The van der Waals surface area contributed by atoms with Gasteiger partial charge in [0.05, 0.1) is 5.69 Å². The number of rotatable bonds is 11. The highest BCUT2D eigenvalue weighted by Gasteiger charge is 2.11. The second-order valence-corrected chi connectivity index (χ2v) is 8.48. The van der Waals surface area contributed by atoms with E-state index >= 15 is 0 Å². The molecule has 0 unspecified atom stereocenters. The number of nitrogens with zero attached hydrogens (tertiary/aromatic N) is 5. The molecule has 1 heterocycles. The van der Waals surface area contributed by atoms with Crippen LogP contribution < -0.4 is 10.2 Å². The van der Waals surface area contributed by atoms with Gasteiger partial charge in [0.15, 0.2) is 4.34 Å². The topological polar surface area (TPSA) is 82.8 Å². The van der Waals surface area contributed by atoms with Crippen molar-refractivity contribution in [2.24, 2.45) is 10.2 Å². The minimum Gasteiger partial charge on any atom is -0.372 e. The van der Waals surface area contributed by atoms with Crippen molar-refractivity contribution < 1.29 is 4.79 Å². The number of thioether (sulfide) groups is 1. The van der Waals surface area contributed by atoms with Gasteiger partial charge in [0, 0.05) is 25.2 Å². The highest BCUT2D eigenvalue weighted by molar-refractivity contribution is 8.01. The first-order chi connectivity index (χ1) is 13.6. The number of hydrogen-bond acceptors (Lipinski definition) is 8. The normalized spacial score (nSPS) is 11.1. The van der Waals surface area contributed by atoms with Crippen LogP contribution in [0, 0.1) is 0 Å². The Bertz CT molecular complexity index is 788. The molecule has 7 nitrogen and oxygen atoms in total. The van der Waals surface area contributed by atoms with Crippen molar-refractivity contribution in [3.8, 4) is 0 Å². The van der Waals surface area contributed by atoms with Gasteiger partial charge in [-0.2, -0.15) is 0 Å². The standard InChI is InChI=1S/C19H28N6OS2/c1-5-9-10-17(26)20-16-13-14(25(6-2)7-3)11-12-15(16)21-22-18-23-24-19(28-18)27-8-4/h11-13H,5-10H2,1-4H3,(H,20,26)/b22-21+. The Kier molecular flexibility index (Phi) is 9.36. The van der Waals surface area contributed by atoms with Gasteiger partial charge in [-0.1, -0.05) is 43.4 Å². The van der Waals surface area contributed by atoms with E-state index in [2.05, 4.69) is 58.3 Å².